The molecule has 1 aromatic heterocycles. The molecule has 33 heavy (non-hydrogen) atoms. The number of halogens is 1. The Morgan fingerprint density at radius 2 is 1.64 bits per heavy atom. The van der Waals surface area contributed by atoms with Crippen molar-refractivity contribution in [1.29, 1.82) is 0 Å². The first-order chi connectivity index (χ1) is 15.8. The number of hydrogen-bond donors (Lipinski definition) is 1. The van der Waals surface area contributed by atoms with Gasteiger partial charge in [0.2, 0.25) is 11.8 Å². The van der Waals surface area contributed by atoms with E-state index in [9.17, 15) is 14.0 Å². The summed E-state index contributed by atoms with van der Waals surface area (Å²) in [6.45, 7) is 4.74. The van der Waals surface area contributed by atoms with E-state index in [2.05, 4.69) is 5.32 Å². The Hall–Kier alpha value is -4.26. The highest BCUT2D eigenvalue weighted by molar-refractivity contribution is 5.91. The molecule has 4 rings (SSSR count). The largest absolute Gasteiger partial charge is 0.407 e. The number of anilines is 1. The molecule has 0 unspecified atom stereocenters. The minimum absolute atomic E-state index is 0.173. The molecule has 0 atom stereocenters. The first-order valence-electron chi connectivity index (χ1n) is 10.3. The van der Waals surface area contributed by atoms with Gasteiger partial charge in [0.25, 0.3) is 0 Å². The fourth-order valence-electron chi connectivity index (χ4n) is 3.57. The predicted octanol–water partition coefficient (Wildman–Crippen LogP) is 5.54. The van der Waals surface area contributed by atoms with E-state index in [4.69, 9.17) is 9.84 Å². The fourth-order valence-corrected chi connectivity index (χ4v) is 3.57. The van der Waals surface area contributed by atoms with E-state index >= 15 is 0 Å². The lowest BCUT2D eigenvalue weighted by Crippen LogP contribution is -2.08. The summed E-state index contributed by atoms with van der Waals surface area (Å²) < 4.78 is 20.7. The van der Waals surface area contributed by atoms with Crippen molar-refractivity contribution >= 4 is 17.6 Å². The van der Waals surface area contributed by atoms with Crippen molar-refractivity contribution in [2.75, 3.05) is 5.32 Å². The summed E-state index contributed by atoms with van der Waals surface area (Å²) >= 11 is 0. The number of nitrogens with zero attached hydrogens (tertiary/aromatic N) is 2. The van der Waals surface area contributed by atoms with Crippen molar-refractivity contribution in [3.8, 4) is 34.0 Å². The number of hydrogen-bond acceptors (Lipinski definition) is 4. The molecule has 6 nitrogen and oxygen atoms in total. The molecule has 0 fully saturated rings. The number of esters is 1. The third-order valence-electron chi connectivity index (χ3n) is 4.94. The van der Waals surface area contributed by atoms with E-state index in [1.54, 1.807) is 24.3 Å². The number of aryl methyl sites for hydroxylation is 1. The SMILES string of the molecule is CC(=O)Nc1ccc(-c2c(-c3cccc(C)c3)nn(-c3ccc(F)cc3)c2OC(C)=O)cc1. The molecule has 1 N–H and O–H groups in total. The number of ether oxygens (including phenoxy) is 1. The van der Waals surface area contributed by atoms with Crippen molar-refractivity contribution in [3.63, 3.8) is 0 Å². The number of nitrogens with one attached hydrogen (secondary N) is 1. The van der Waals surface area contributed by atoms with Crippen LogP contribution in [0, 0.1) is 12.7 Å². The van der Waals surface area contributed by atoms with E-state index in [0.29, 0.717) is 22.6 Å². The van der Waals surface area contributed by atoms with Gasteiger partial charge in [0, 0.05) is 25.1 Å². The molecule has 0 radical (unpaired) electrons. The molecule has 0 spiro atoms. The summed E-state index contributed by atoms with van der Waals surface area (Å²) in [6, 6.07) is 20.8. The minimum atomic E-state index is -0.509. The highest BCUT2D eigenvalue weighted by atomic mass is 19.1. The molecule has 1 heterocycles. The molecule has 166 valence electrons. The van der Waals surface area contributed by atoms with Crippen molar-refractivity contribution in [3.05, 3.63) is 84.2 Å². The van der Waals surface area contributed by atoms with Crippen molar-refractivity contribution in [2.24, 2.45) is 0 Å². The lowest BCUT2D eigenvalue weighted by molar-refractivity contribution is -0.132. The molecule has 0 saturated carbocycles. The average molecular weight is 443 g/mol. The molecule has 0 bridgehead atoms. The van der Waals surface area contributed by atoms with Crippen LogP contribution in [0.4, 0.5) is 10.1 Å². The highest BCUT2D eigenvalue weighted by Gasteiger charge is 2.24. The van der Waals surface area contributed by atoms with Crippen LogP contribution in [0.5, 0.6) is 5.88 Å². The monoisotopic (exact) mass is 443 g/mol. The van der Waals surface area contributed by atoms with E-state index < -0.39 is 5.97 Å². The fraction of sp³-hybridized carbons (Fsp3) is 0.115. The molecule has 0 aliphatic carbocycles. The van der Waals surface area contributed by atoms with E-state index in [1.165, 1.54) is 30.7 Å². The molecule has 0 saturated heterocycles. The predicted molar refractivity (Wildman–Crippen MR) is 125 cm³/mol. The Morgan fingerprint density at radius 3 is 2.24 bits per heavy atom. The first-order valence-corrected chi connectivity index (χ1v) is 10.3. The molecular formula is C26H22FN3O3. The molecular weight excluding hydrogens is 421 g/mol. The van der Waals surface area contributed by atoms with Crippen LogP contribution in [0.15, 0.2) is 72.8 Å². The maximum absolute atomic E-state index is 13.6. The van der Waals surface area contributed by atoms with Crippen LogP contribution < -0.4 is 10.1 Å². The Morgan fingerprint density at radius 1 is 0.939 bits per heavy atom. The first kappa shape index (κ1) is 22.0. The maximum atomic E-state index is 13.6. The van der Waals surface area contributed by atoms with Gasteiger partial charge in [-0.1, -0.05) is 35.9 Å². The Balaban J connectivity index is 1.97. The highest BCUT2D eigenvalue weighted by Crippen LogP contribution is 2.41. The van der Waals surface area contributed by atoms with Gasteiger partial charge in [0.15, 0.2) is 0 Å². The topological polar surface area (TPSA) is 73.2 Å². The van der Waals surface area contributed by atoms with Crippen LogP contribution >= 0.6 is 0 Å². The number of amides is 1. The second kappa shape index (κ2) is 9.08. The van der Waals surface area contributed by atoms with Gasteiger partial charge < -0.3 is 10.1 Å². The third-order valence-corrected chi connectivity index (χ3v) is 4.94. The zero-order chi connectivity index (χ0) is 23.5. The van der Waals surface area contributed by atoms with Gasteiger partial charge >= 0.3 is 5.97 Å². The quantitative estimate of drug-likeness (QED) is 0.411. The van der Waals surface area contributed by atoms with Gasteiger partial charge in [-0.15, -0.1) is 0 Å². The molecule has 0 aliphatic rings. The van der Waals surface area contributed by atoms with Gasteiger partial charge in [-0.25, -0.2) is 4.39 Å². The van der Waals surface area contributed by atoms with Gasteiger partial charge in [-0.05, 0) is 55.0 Å². The van der Waals surface area contributed by atoms with Gasteiger partial charge in [0.05, 0.1) is 11.3 Å². The van der Waals surface area contributed by atoms with Crippen LogP contribution in [0.25, 0.3) is 28.1 Å². The van der Waals surface area contributed by atoms with Gasteiger partial charge in [0.1, 0.15) is 11.5 Å². The maximum Gasteiger partial charge on any atom is 0.309 e. The number of rotatable bonds is 5. The van der Waals surface area contributed by atoms with Crippen LogP contribution in [-0.2, 0) is 9.59 Å². The summed E-state index contributed by atoms with van der Waals surface area (Å²) in [5, 5.41) is 7.51. The number of carbonyl (C=O) groups excluding carboxylic acids is 2. The standard InChI is InChI=1S/C26H22FN3O3/c1-16-5-4-6-20(15-16)25-24(19-7-11-22(12-8-19)28-17(2)31)26(33-18(3)32)30(29-25)23-13-9-21(27)10-14-23/h4-15H,1-3H3,(H,28,31). The van der Waals surface area contributed by atoms with Gasteiger partial charge in [-0.2, -0.15) is 9.78 Å². The van der Waals surface area contributed by atoms with Crippen molar-refractivity contribution in [2.45, 2.75) is 20.8 Å². The average Bonchev–Trinajstić information content (AvgIpc) is 3.13. The van der Waals surface area contributed by atoms with Crippen LogP contribution in [0.3, 0.4) is 0 Å². The Kier molecular flexibility index (Phi) is 6.04. The second-order valence-corrected chi connectivity index (χ2v) is 7.64. The van der Waals surface area contributed by atoms with E-state index in [1.807, 2.05) is 43.3 Å². The third kappa shape index (κ3) is 4.82. The zero-order valence-corrected chi connectivity index (χ0v) is 18.4. The zero-order valence-electron chi connectivity index (χ0n) is 18.4. The number of aromatic nitrogens is 2. The van der Waals surface area contributed by atoms with Crippen molar-refractivity contribution in [1.82, 2.24) is 9.78 Å². The summed E-state index contributed by atoms with van der Waals surface area (Å²) in [5.41, 5.74) is 5.02. The lowest BCUT2D eigenvalue weighted by Gasteiger charge is -2.10. The van der Waals surface area contributed by atoms with Crippen LogP contribution in [0.1, 0.15) is 19.4 Å². The Bertz CT molecular complexity index is 1330. The molecule has 1 amide bonds. The Labute approximate surface area is 190 Å². The minimum Gasteiger partial charge on any atom is -0.407 e. The smallest absolute Gasteiger partial charge is 0.309 e. The molecule has 3 aromatic carbocycles. The number of benzene rings is 3. The van der Waals surface area contributed by atoms with Crippen molar-refractivity contribution < 1.29 is 18.7 Å². The lowest BCUT2D eigenvalue weighted by atomic mass is 10.00. The molecule has 0 aliphatic heterocycles. The summed E-state index contributed by atoms with van der Waals surface area (Å²) in [4.78, 5) is 23.4. The molecule has 4 aromatic rings. The molecule has 7 heteroatoms. The van der Waals surface area contributed by atoms with Gasteiger partial charge in [-0.3, -0.25) is 9.59 Å². The summed E-state index contributed by atoms with van der Waals surface area (Å²) in [5.74, 6) is -0.844. The van der Waals surface area contributed by atoms with Crippen LogP contribution in [0.2, 0.25) is 0 Å². The number of carbonyl (C=O) groups is 2. The second-order valence-electron chi connectivity index (χ2n) is 7.64. The van der Waals surface area contributed by atoms with Crippen LogP contribution in [-0.4, -0.2) is 21.7 Å². The summed E-state index contributed by atoms with van der Waals surface area (Å²) in [6.07, 6.45) is 0. The summed E-state index contributed by atoms with van der Waals surface area (Å²) in [7, 11) is 0. The van der Waals surface area contributed by atoms with E-state index in [0.717, 1.165) is 16.7 Å². The normalized spacial score (nSPS) is 10.7. The van der Waals surface area contributed by atoms with E-state index in [-0.39, 0.29) is 17.6 Å².